The maximum absolute atomic E-state index is 11.7. The molecule has 0 heterocycles. The van der Waals surface area contributed by atoms with Gasteiger partial charge in [0.1, 0.15) is 0 Å². The lowest BCUT2D eigenvalue weighted by molar-refractivity contribution is -0.127. The molecule has 2 amide bonds. The SMILES string of the molecule is NC(=O)CCOCCOCCOCCOCCNC(=O)CCC1C(=O)C=CC1=O. The van der Waals surface area contributed by atoms with Crippen LogP contribution < -0.4 is 11.1 Å². The van der Waals surface area contributed by atoms with E-state index in [0.29, 0.717) is 59.4 Å². The predicted octanol–water partition coefficient (Wildman–Crippen LogP) is -0.851. The highest BCUT2D eigenvalue weighted by Gasteiger charge is 2.28. The van der Waals surface area contributed by atoms with Crippen LogP contribution in [0.1, 0.15) is 19.3 Å². The van der Waals surface area contributed by atoms with Gasteiger partial charge in [0, 0.05) is 19.4 Å². The topological polar surface area (TPSA) is 143 Å². The summed E-state index contributed by atoms with van der Waals surface area (Å²) in [5.74, 6) is -1.77. The molecule has 1 rings (SSSR count). The van der Waals surface area contributed by atoms with E-state index in [1.54, 1.807) is 0 Å². The van der Waals surface area contributed by atoms with E-state index in [1.807, 2.05) is 0 Å². The number of carbonyl (C=O) groups excluding carboxylic acids is 4. The van der Waals surface area contributed by atoms with Gasteiger partial charge in [-0.3, -0.25) is 19.2 Å². The second kappa shape index (κ2) is 15.7. The Morgan fingerprint density at radius 1 is 0.793 bits per heavy atom. The third kappa shape index (κ3) is 12.8. The Labute approximate surface area is 170 Å². The molecular formula is C19H30N2O8. The van der Waals surface area contributed by atoms with Gasteiger partial charge in [0.05, 0.1) is 58.8 Å². The first-order chi connectivity index (χ1) is 14.0. The first-order valence-electron chi connectivity index (χ1n) is 9.62. The number of rotatable bonds is 18. The van der Waals surface area contributed by atoms with E-state index in [2.05, 4.69) is 5.32 Å². The Bertz CT molecular complexity index is 546. The van der Waals surface area contributed by atoms with Crippen LogP contribution in [-0.2, 0) is 38.1 Å². The molecule has 0 saturated heterocycles. The summed E-state index contributed by atoms with van der Waals surface area (Å²) in [4.78, 5) is 45.0. The summed E-state index contributed by atoms with van der Waals surface area (Å²) in [7, 11) is 0. The molecule has 0 saturated carbocycles. The van der Waals surface area contributed by atoms with Crippen LogP contribution in [0.4, 0.5) is 0 Å². The van der Waals surface area contributed by atoms with Crippen molar-refractivity contribution in [2.45, 2.75) is 19.3 Å². The maximum atomic E-state index is 11.7. The van der Waals surface area contributed by atoms with E-state index in [0.717, 1.165) is 0 Å². The van der Waals surface area contributed by atoms with E-state index in [-0.39, 0.29) is 36.7 Å². The number of ketones is 2. The third-order valence-corrected chi connectivity index (χ3v) is 3.94. The fourth-order valence-electron chi connectivity index (χ4n) is 2.38. The largest absolute Gasteiger partial charge is 0.379 e. The van der Waals surface area contributed by atoms with Crippen LogP contribution in [0.15, 0.2) is 12.2 Å². The minimum Gasteiger partial charge on any atom is -0.379 e. The Morgan fingerprint density at radius 2 is 1.28 bits per heavy atom. The molecular weight excluding hydrogens is 384 g/mol. The number of nitrogens with one attached hydrogen (secondary N) is 1. The average molecular weight is 414 g/mol. The molecule has 0 aromatic rings. The smallest absolute Gasteiger partial charge is 0.220 e. The number of amides is 2. The molecule has 0 aromatic heterocycles. The minimum atomic E-state index is -0.701. The van der Waals surface area contributed by atoms with E-state index >= 15 is 0 Å². The minimum absolute atomic E-state index is 0.128. The molecule has 0 atom stereocenters. The molecule has 164 valence electrons. The van der Waals surface area contributed by atoms with Crippen molar-refractivity contribution in [3.05, 3.63) is 12.2 Å². The summed E-state index contributed by atoms with van der Waals surface area (Å²) in [5, 5.41) is 2.68. The molecule has 1 aliphatic carbocycles. The first-order valence-corrected chi connectivity index (χ1v) is 9.62. The van der Waals surface area contributed by atoms with Crippen molar-refractivity contribution >= 4 is 23.4 Å². The van der Waals surface area contributed by atoms with Gasteiger partial charge in [-0.2, -0.15) is 0 Å². The Balaban J connectivity index is 1.79. The molecule has 10 nitrogen and oxygen atoms in total. The lowest BCUT2D eigenvalue weighted by atomic mass is 9.99. The normalized spacial score (nSPS) is 13.9. The summed E-state index contributed by atoms with van der Waals surface area (Å²) in [6, 6.07) is 0. The first kappa shape index (κ1) is 24.9. The quantitative estimate of drug-likeness (QED) is 0.218. The lowest BCUT2D eigenvalue weighted by Gasteiger charge is -2.09. The van der Waals surface area contributed by atoms with Gasteiger partial charge in [-0.05, 0) is 18.6 Å². The summed E-state index contributed by atoms with van der Waals surface area (Å²) in [6.45, 7) is 3.45. The molecule has 0 spiro atoms. The zero-order chi connectivity index (χ0) is 21.3. The van der Waals surface area contributed by atoms with Gasteiger partial charge in [-0.15, -0.1) is 0 Å². The maximum Gasteiger partial charge on any atom is 0.220 e. The molecule has 0 aliphatic heterocycles. The zero-order valence-electron chi connectivity index (χ0n) is 16.6. The van der Waals surface area contributed by atoms with Crippen molar-refractivity contribution in [1.29, 1.82) is 0 Å². The van der Waals surface area contributed by atoms with E-state index in [9.17, 15) is 19.2 Å². The highest BCUT2D eigenvalue weighted by molar-refractivity contribution is 6.18. The Hall–Kier alpha value is -2.14. The number of hydrogen-bond donors (Lipinski definition) is 2. The van der Waals surface area contributed by atoms with Crippen LogP contribution >= 0.6 is 0 Å². The average Bonchev–Trinajstić information content (AvgIpc) is 3.00. The molecule has 10 heteroatoms. The molecule has 0 radical (unpaired) electrons. The van der Waals surface area contributed by atoms with Gasteiger partial charge in [0.25, 0.3) is 0 Å². The second-order valence-corrected chi connectivity index (χ2v) is 6.25. The Kier molecular flexibility index (Phi) is 13.5. The van der Waals surface area contributed by atoms with Crippen LogP contribution in [0.5, 0.6) is 0 Å². The van der Waals surface area contributed by atoms with Crippen molar-refractivity contribution in [2.75, 3.05) is 59.4 Å². The number of primary amides is 1. The van der Waals surface area contributed by atoms with Gasteiger partial charge >= 0.3 is 0 Å². The van der Waals surface area contributed by atoms with Crippen molar-refractivity contribution < 1.29 is 38.1 Å². The third-order valence-electron chi connectivity index (χ3n) is 3.94. The van der Waals surface area contributed by atoms with Crippen LogP contribution in [0.2, 0.25) is 0 Å². The van der Waals surface area contributed by atoms with Gasteiger partial charge in [0.15, 0.2) is 11.6 Å². The van der Waals surface area contributed by atoms with Crippen molar-refractivity contribution in [3.63, 3.8) is 0 Å². The number of nitrogens with two attached hydrogens (primary N) is 1. The molecule has 0 unspecified atom stereocenters. The summed E-state index contributed by atoms with van der Waals surface area (Å²) in [5.41, 5.74) is 4.98. The molecule has 3 N–H and O–H groups in total. The van der Waals surface area contributed by atoms with E-state index in [4.69, 9.17) is 24.7 Å². The fraction of sp³-hybridized carbons (Fsp3) is 0.684. The molecule has 1 aliphatic rings. The molecule has 0 fully saturated rings. The van der Waals surface area contributed by atoms with Crippen LogP contribution in [0.25, 0.3) is 0 Å². The Morgan fingerprint density at radius 3 is 1.79 bits per heavy atom. The second-order valence-electron chi connectivity index (χ2n) is 6.25. The van der Waals surface area contributed by atoms with Crippen LogP contribution in [0, 0.1) is 5.92 Å². The van der Waals surface area contributed by atoms with Crippen LogP contribution in [-0.4, -0.2) is 82.8 Å². The van der Waals surface area contributed by atoms with Gasteiger partial charge in [-0.1, -0.05) is 0 Å². The summed E-state index contributed by atoms with van der Waals surface area (Å²) >= 11 is 0. The number of hydrogen-bond acceptors (Lipinski definition) is 8. The predicted molar refractivity (Wildman–Crippen MR) is 102 cm³/mol. The standard InChI is InChI=1S/C19H30N2O8/c20-18(24)5-7-26-9-11-28-13-14-29-12-10-27-8-6-21-19(25)4-1-15-16(22)2-3-17(15)23/h2-3,15H,1,4-14H2,(H2,20,24)(H,21,25). The highest BCUT2D eigenvalue weighted by Crippen LogP contribution is 2.16. The van der Waals surface area contributed by atoms with E-state index in [1.165, 1.54) is 12.2 Å². The zero-order valence-corrected chi connectivity index (χ0v) is 16.6. The molecule has 0 bridgehead atoms. The van der Waals surface area contributed by atoms with Gasteiger partial charge in [0.2, 0.25) is 11.8 Å². The van der Waals surface area contributed by atoms with Gasteiger partial charge < -0.3 is 30.0 Å². The lowest BCUT2D eigenvalue weighted by Crippen LogP contribution is -2.28. The highest BCUT2D eigenvalue weighted by atomic mass is 16.6. The summed E-state index contributed by atoms with van der Waals surface area (Å²) in [6.07, 6.45) is 3.08. The number of ether oxygens (including phenoxy) is 4. The van der Waals surface area contributed by atoms with Crippen molar-refractivity contribution in [2.24, 2.45) is 11.7 Å². The fourth-order valence-corrected chi connectivity index (χ4v) is 2.38. The van der Waals surface area contributed by atoms with Crippen LogP contribution in [0.3, 0.4) is 0 Å². The molecule has 29 heavy (non-hydrogen) atoms. The molecule has 0 aromatic carbocycles. The van der Waals surface area contributed by atoms with Crippen molar-refractivity contribution in [3.8, 4) is 0 Å². The van der Waals surface area contributed by atoms with Crippen molar-refractivity contribution in [1.82, 2.24) is 5.32 Å². The van der Waals surface area contributed by atoms with E-state index < -0.39 is 11.8 Å². The summed E-state index contributed by atoms with van der Waals surface area (Å²) < 4.78 is 21.1. The number of carbonyl (C=O) groups is 4. The van der Waals surface area contributed by atoms with Gasteiger partial charge in [-0.25, -0.2) is 0 Å². The monoisotopic (exact) mass is 414 g/mol. The number of allylic oxidation sites excluding steroid dienone is 2.